The summed E-state index contributed by atoms with van der Waals surface area (Å²) in [5, 5.41) is 7.41. The Hall–Kier alpha value is -1.20. The van der Waals surface area contributed by atoms with E-state index < -0.39 is 0 Å². The number of amides is 2. The van der Waals surface area contributed by atoms with E-state index >= 15 is 0 Å². The molecule has 0 bridgehead atoms. The van der Waals surface area contributed by atoms with Crippen molar-refractivity contribution < 1.29 is 9.59 Å². The smallest absolute Gasteiger partial charge is 0.244 e. The number of hydrogen-bond donors (Lipinski definition) is 2. The van der Waals surface area contributed by atoms with Gasteiger partial charge in [-0.3, -0.25) is 20.2 Å². The van der Waals surface area contributed by atoms with Gasteiger partial charge in [-0.1, -0.05) is 6.07 Å². The van der Waals surface area contributed by atoms with Gasteiger partial charge in [0, 0.05) is 10.9 Å². The largest absolute Gasteiger partial charge is 0.298 e. The second-order valence-electron chi connectivity index (χ2n) is 3.57. The number of hydrogen-bond acceptors (Lipinski definition) is 4. The van der Waals surface area contributed by atoms with E-state index in [0.29, 0.717) is 0 Å². The van der Waals surface area contributed by atoms with E-state index in [4.69, 9.17) is 0 Å². The van der Waals surface area contributed by atoms with Crippen molar-refractivity contribution in [2.24, 2.45) is 0 Å². The van der Waals surface area contributed by atoms with Crippen LogP contribution < -0.4 is 10.6 Å². The van der Waals surface area contributed by atoms with Crippen molar-refractivity contribution in [2.75, 3.05) is 0 Å². The van der Waals surface area contributed by atoms with E-state index in [1.165, 1.54) is 4.88 Å². The highest BCUT2D eigenvalue weighted by molar-refractivity contribution is 7.10. The van der Waals surface area contributed by atoms with Gasteiger partial charge in [0.25, 0.3) is 0 Å². The molecule has 0 aromatic carbocycles. The number of imide groups is 1. The molecule has 80 valence electrons. The molecule has 2 N–H and O–H groups in total. The van der Waals surface area contributed by atoms with Crippen LogP contribution in [-0.4, -0.2) is 17.9 Å². The molecule has 5 heteroatoms. The Balaban J connectivity index is 1.98. The summed E-state index contributed by atoms with van der Waals surface area (Å²) in [5.74, 6) is -0.417. The number of rotatable bonds is 3. The highest BCUT2D eigenvalue weighted by atomic mass is 32.1. The van der Waals surface area contributed by atoms with Gasteiger partial charge in [0.2, 0.25) is 11.8 Å². The predicted molar refractivity (Wildman–Crippen MR) is 57.4 cm³/mol. The van der Waals surface area contributed by atoms with E-state index in [1.54, 1.807) is 11.3 Å². The molecule has 0 saturated carbocycles. The van der Waals surface area contributed by atoms with Crippen LogP contribution in [-0.2, 0) is 9.59 Å². The first-order valence-corrected chi connectivity index (χ1v) is 5.68. The summed E-state index contributed by atoms with van der Waals surface area (Å²) in [4.78, 5) is 23.4. The molecule has 2 amide bonds. The lowest BCUT2D eigenvalue weighted by molar-refractivity contribution is -0.125. The standard InChI is InChI=1S/C10H12N2O2S/c1-6(8-3-2-4-15-8)11-7-5-9(13)12-10(7)14/h2-4,6-7,11H,5H2,1H3,(H,12,13,14). The maximum Gasteiger partial charge on any atom is 0.244 e. The van der Waals surface area contributed by atoms with Gasteiger partial charge in [-0.25, -0.2) is 0 Å². The molecular weight excluding hydrogens is 212 g/mol. The summed E-state index contributed by atoms with van der Waals surface area (Å²) in [6.45, 7) is 1.99. The zero-order valence-corrected chi connectivity index (χ0v) is 9.14. The van der Waals surface area contributed by atoms with Crippen LogP contribution in [0.4, 0.5) is 0 Å². The molecule has 2 rings (SSSR count). The molecule has 4 nitrogen and oxygen atoms in total. The van der Waals surface area contributed by atoms with Crippen LogP contribution in [0.3, 0.4) is 0 Å². The lowest BCUT2D eigenvalue weighted by atomic mass is 10.2. The Morgan fingerprint density at radius 2 is 2.40 bits per heavy atom. The summed E-state index contributed by atoms with van der Waals surface area (Å²) in [7, 11) is 0. The maximum absolute atomic E-state index is 11.3. The van der Waals surface area contributed by atoms with Crippen LogP contribution in [0.2, 0.25) is 0 Å². The molecule has 2 unspecified atom stereocenters. The van der Waals surface area contributed by atoms with E-state index in [2.05, 4.69) is 10.6 Å². The molecule has 1 aliphatic rings. The predicted octanol–water partition coefficient (Wildman–Crippen LogP) is 0.814. The SMILES string of the molecule is CC(NC1CC(=O)NC1=O)c1cccs1. The Labute approximate surface area is 91.7 Å². The van der Waals surface area contributed by atoms with Crippen molar-refractivity contribution >= 4 is 23.2 Å². The third kappa shape index (κ3) is 2.24. The third-order valence-corrected chi connectivity index (χ3v) is 3.44. The Bertz CT molecular complexity index is 375. The zero-order valence-electron chi connectivity index (χ0n) is 8.32. The van der Waals surface area contributed by atoms with Gasteiger partial charge in [0.05, 0.1) is 12.5 Å². The number of nitrogens with one attached hydrogen (secondary N) is 2. The van der Waals surface area contributed by atoms with Crippen LogP contribution in [0.5, 0.6) is 0 Å². The molecule has 0 aliphatic carbocycles. The zero-order chi connectivity index (χ0) is 10.8. The fourth-order valence-corrected chi connectivity index (χ4v) is 2.35. The molecule has 1 saturated heterocycles. The minimum absolute atomic E-state index is 0.103. The quantitative estimate of drug-likeness (QED) is 0.747. The summed E-state index contributed by atoms with van der Waals surface area (Å²) < 4.78 is 0. The molecule has 15 heavy (non-hydrogen) atoms. The Morgan fingerprint density at radius 3 is 2.93 bits per heavy atom. The molecule has 1 aromatic heterocycles. The van der Waals surface area contributed by atoms with E-state index in [0.717, 1.165) is 0 Å². The summed E-state index contributed by atoms with van der Waals surface area (Å²) in [6, 6.07) is 3.70. The lowest BCUT2D eigenvalue weighted by Gasteiger charge is -2.15. The van der Waals surface area contributed by atoms with Crippen molar-refractivity contribution in [3.8, 4) is 0 Å². The van der Waals surface area contributed by atoms with Crippen molar-refractivity contribution in [3.63, 3.8) is 0 Å². The van der Waals surface area contributed by atoms with Crippen LogP contribution >= 0.6 is 11.3 Å². The first-order valence-electron chi connectivity index (χ1n) is 4.80. The molecular formula is C10H12N2O2S. The fourth-order valence-electron chi connectivity index (χ4n) is 1.61. The average molecular weight is 224 g/mol. The summed E-state index contributed by atoms with van der Waals surface area (Å²) in [6.07, 6.45) is 0.245. The lowest BCUT2D eigenvalue weighted by Crippen LogP contribution is -2.37. The van der Waals surface area contributed by atoms with Gasteiger partial charge < -0.3 is 0 Å². The van der Waals surface area contributed by atoms with Crippen molar-refractivity contribution in [3.05, 3.63) is 22.4 Å². The second kappa shape index (κ2) is 4.12. The topological polar surface area (TPSA) is 58.2 Å². The van der Waals surface area contributed by atoms with Gasteiger partial charge in [-0.05, 0) is 18.4 Å². The molecule has 2 heterocycles. The van der Waals surface area contributed by atoms with Crippen LogP contribution in [0.25, 0.3) is 0 Å². The Kier molecular flexibility index (Phi) is 2.83. The normalized spacial score (nSPS) is 22.9. The molecule has 0 radical (unpaired) electrons. The van der Waals surface area contributed by atoms with E-state index in [9.17, 15) is 9.59 Å². The fraction of sp³-hybridized carbons (Fsp3) is 0.400. The second-order valence-corrected chi connectivity index (χ2v) is 4.55. The van der Waals surface area contributed by atoms with Gasteiger partial charge >= 0.3 is 0 Å². The highest BCUT2D eigenvalue weighted by Crippen LogP contribution is 2.19. The van der Waals surface area contributed by atoms with Crippen molar-refractivity contribution in [2.45, 2.75) is 25.4 Å². The summed E-state index contributed by atoms with van der Waals surface area (Å²) in [5.41, 5.74) is 0. The van der Waals surface area contributed by atoms with Crippen LogP contribution in [0.15, 0.2) is 17.5 Å². The maximum atomic E-state index is 11.3. The molecule has 2 atom stereocenters. The third-order valence-electron chi connectivity index (χ3n) is 2.39. The molecule has 1 aliphatic heterocycles. The number of carbonyl (C=O) groups is 2. The highest BCUT2D eigenvalue weighted by Gasteiger charge is 2.31. The average Bonchev–Trinajstić information content (AvgIpc) is 2.76. The minimum atomic E-state index is -0.380. The van der Waals surface area contributed by atoms with Crippen LogP contribution in [0.1, 0.15) is 24.3 Å². The minimum Gasteiger partial charge on any atom is -0.298 e. The molecule has 1 aromatic rings. The van der Waals surface area contributed by atoms with E-state index in [-0.39, 0.29) is 30.3 Å². The molecule has 1 fully saturated rings. The van der Waals surface area contributed by atoms with Crippen molar-refractivity contribution in [1.82, 2.24) is 10.6 Å². The van der Waals surface area contributed by atoms with Crippen molar-refractivity contribution in [1.29, 1.82) is 0 Å². The Morgan fingerprint density at radius 1 is 1.60 bits per heavy atom. The summed E-state index contributed by atoms with van der Waals surface area (Å²) >= 11 is 1.64. The first kappa shape index (κ1) is 10.3. The van der Waals surface area contributed by atoms with Gasteiger partial charge in [0.15, 0.2) is 0 Å². The van der Waals surface area contributed by atoms with Gasteiger partial charge in [-0.15, -0.1) is 11.3 Å². The van der Waals surface area contributed by atoms with Crippen LogP contribution in [0, 0.1) is 0 Å². The van der Waals surface area contributed by atoms with Gasteiger partial charge in [-0.2, -0.15) is 0 Å². The monoisotopic (exact) mass is 224 g/mol. The number of thiophene rings is 1. The number of carbonyl (C=O) groups excluding carboxylic acids is 2. The van der Waals surface area contributed by atoms with Gasteiger partial charge in [0.1, 0.15) is 0 Å². The van der Waals surface area contributed by atoms with E-state index in [1.807, 2.05) is 24.4 Å². The molecule has 0 spiro atoms. The first-order chi connectivity index (χ1) is 7.16.